The summed E-state index contributed by atoms with van der Waals surface area (Å²) in [5.41, 5.74) is 1.36. The number of aryl methyl sites for hydroxylation is 1. The average molecular weight is 365 g/mol. The first kappa shape index (κ1) is 18.0. The molecule has 1 N–H and O–H groups in total. The maximum absolute atomic E-state index is 13.0. The number of benzene rings is 1. The fourth-order valence-electron chi connectivity index (χ4n) is 4.51. The Hall–Kier alpha value is -2.40. The summed E-state index contributed by atoms with van der Waals surface area (Å²) in [6, 6.07) is 14.2. The van der Waals surface area contributed by atoms with Crippen molar-refractivity contribution in [1.82, 2.24) is 14.8 Å². The maximum atomic E-state index is 13.0. The van der Waals surface area contributed by atoms with Crippen molar-refractivity contribution in [3.8, 4) is 0 Å². The maximum Gasteiger partial charge on any atom is 0.260 e. The molecule has 0 unspecified atom stereocenters. The van der Waals surface area contributed by atoms with Crippen LogP contribution in [0, 0.1) is 5.92 Å². The molecule has 2 bridgehead atoms. The number of hydrogen-bond acceptors (Lipinski definition) is 3. The van der Waals surface area contributed by atoms with E-state index in [2.05, 4.69) is 40.2 Å². The molecule has 2 aromatic rings. The largest absolute Gasteiger partial charge is 0.334 e. The molecule has 3 aliphatic rings. The van der Waals surface area contributed by atoms with Gasteiger partial charge in [0, 0.05) is 31.9 Å². The number of hydrogen-bond donors (Lipinski definition) is 1. The molecule has 0 aliphatic carbocycles. The van der Waals surface area contributed by atoms with Crippen molar-refractivity contribution >= 4 is 5.91 Å². The summed E-state index contributed by atoms with van der Waals surface area (Å²) in [4.78, 5) is 32.1. The van der Waals surface area contributed by atoms with Gasteiger partial charge in [-0.3, -0.25) is 9.59 Å². The zero-order valence-electron chi connectivity index (χ0n) is 15.6. The Kier molecular flexibility index (Phi) is 5.39. The van der Waals surface area contributed by atoms with Gasteiger partial charge in [0.2, 0.25) is 0 Å². The molecule has 0 saturated carbocycles. The number of nitrogens with one attached hydrogen (secondary N) is 1. The fraction of sp³-hybridized carbons (Fsp3) is 0.455. The molecule has 1 aromatic heterocycles. The van der Waals surface area contributed by atoms with E-state index in [1.807, 2.05) is 4.90 Å². The van der Waals surface area contributed by atoms with Gasteiger partial charge in [0.05, 0.1) is 0 Å². The van der Waals surface area contributed by atoms with Crippen LogP contribution in [0.2, 0.25) is 0 Å². The summed E-state index contributed by atoms with van der Waals surface area (Å²) in [6.07, 6.45) is 6.01. The van der Waals surface area contributed by atoms with E-state index >= 15 is 0 Å². The van der Waals surface area contributed by atoms with Crippen molar-refractivity contribution in [3.05, 3.63) is 70.1 Å². The van der Waals surface area contributed by atoms with Crippen LogP contribution in [0.1, 0.15) is 35.2 Å². The highest BCUT2D eigenvalue weighted by Crippen LogP contribution is 2.29. The van der Waals surface area contributed by atoms with Gasteiger partial charge in [-0.15, -0.1) is 0 Å². The Labute approximate surface area is 160 Å². The van der Waals surface area contributed by atoms with Crippen LogP contribution in [0.25, 0.3) is 0 Å². The monoisotopic (exact) mass is 365 g/mol. The molecule has 2 atom stereocenters. The fourth-order valence-corrected chi connectivity index (χ4v) is 4.51. The Bertz CT molecular complexity index is 833. The van der Waals surface area contributed by atoms with Gasteiger partial charge in [-0.05, 0) is 55.8 Å². The van der Waals surface area contributed by atoms with E-state index < -0.39 is 0 Å². The minimum atomic E-state index is -0.290. The highest BCUT2D eigenvalue weighted by atomic mass is 16.2. The third kappa shape index (κ3) is 4.14. The predicted molar refractivity (Wildman–Crippen MR) is 106 cm³/mol. The lowest BCUT2D eigenvalue weighted by Gasteiger charge is -2.36. The lowest BCUT2D eigenvalue weighted by molar-refractivity contribution is 0.0583. The van der Waals surface area contributed by atoms with E-state index in [4.69, 9.17) is 0 Å². The van der Waals surface area contributed by atoms with Gasteiger partial charge in [-0.2, -0.15) is 0 Å². The van der Waals surface area contributed by atoms with E-state index in [1.165, 1.54) is 12.0 Å². The molecule has 1 aromatic carbocycles. The van der Waals surface area contributed by atoms with Gasteiger partial charge in [-0.25, -0.2) is 0 Å². The molecule has 5 heteroatoms. The molecule has 4 heterocycles. The number of aromatic amines is 1. The molecule has 5 rings (SSSR count). The standard InChI is InChI=1S/C22H27N3O2/c26-21-20(9-4-12-23-21)22(27)25-15-18-10-11-19(25)16-24(14-18)13-5-8-17-6-2-1-3-7-17/h1-4,6-7,9,12,18-19H,5,8,10-11,13-16H2,(H,23,26)/t18-,19+/m0/s1. The Morgan fingerprint density at radius 2 is 1.89 bits per heavy atom. The first-order chi connectivity index (χ1) is 13.2. The molecule has 27 heavy (non-hydrogen) atoms. The first-order valence-corrected chi connectivity index (χ1v) is 9.95. The normalized spacial score (nSPS) is 22.6. The molecule has 0 spiro atoms. The van der Waals surface area contributed by atoms with E-state index in [0.717, 1.165) is 45.4 Å². The zero-order chi connectivity index (χ0) is 18.6. The number of carbonyl (C=O) groups excluding carboxylic acids is 1. The van der Waals surface area contributed by atoms with Crippen LogP contribution in [-0.4, -0.2) is 52.9 Å². The second kappa shape index (κ2) is 8.09. The van der Waals surface area contributed by atoms with Crippen molar-refractivity contribution in [2.75, 3.05) is 26.2 Å². The minimum absolute atomic E-state index is 0.113. The number of nitrogens with zero attached hydrogens (tertiary/aromatic N) is 2. The van der Waals surface area contributed by atoms with Crippen molar-refractivity contribution < 1.29 is 4.79 Å². The smallest absolute Gasteiger partial charge is 0.260 e. The quantitative estimate of drug-likeness (QED) is 0.886. The number of aromatic nitrogens is 1. The van der Waals surface area contributed by atoms with Gasteiger partial charge >= 0.3 is 0 Å². The minimum Gasteiger partial charge on any atom is -0.334 e. The third-order valence-electron chi connectivity index (χ3n) is 5.88. The SMILES string of the molecule is O=C(c1ccc[nH]c1=O)N1C[C@H]2CC[C@@H]1CN(CCCc1ccccc1)C2. The number of carbonyl (C=O) groups is 1. The molecule has 142 valence electrons. The third-order valence-corrected chi connectivity index (χ3v) is 5.88. The lowest BCUT2D eigenvalue weighted by Crippen LogP contribution is -2.48. The number of rotatable bonds is 5. The molecular weight excluding hydrogens is 338 g/mol. The Morgan fingerprint density at radius 3 is 2.70 bits per heavy atom. The summed E-state index contributed by atoms with van der Waals surface area (Å²) in [7, 11) is 0. The first-order valence-electron chi connectivity index (χ1n) is 9.95. The molecule has 0 radical (unpaired) electrons. The molecule has 3 saturated heterocycles. The summed E-state index contributed by atoms with van der Waals surface area (Å²) >= 11 is 0. The van der Waals surface area contributed by atoms with E-state index in [-0.39, 0.29) is 23.1 Å². The van der Waals surface area contributed by atoms with Crippen LogP contribution in [0.4, 0.5) is 0 Å². The predicted octanol–water partition coefficient (Wildman–Crippen LogP) is 2.54. The Balaban J connectivity index is 1.39. The topological polar surface area (TPSA) is 56.4 Å². The van der Waals surface area contributed by atoms with Crippen LogP contribution in [0.3, 0.4) is 0 Å². The number of H-pyrrole nitrogens is 1. The molecule has 5 nitrogen and oxygen atoms in total. The summed E-state index contributed by atoms with van der Waals surface area (Å²) in [6.45, 7) is 3.81. The van der Waals surface area contributed by atoms with Crippen LogP contribution >= 0.6 is 0 Å². The number of fused-ring (bicyclic) bond motifs is 4. The Morgan fingerprint density at radius 1 is 1.04 bits per heavy atom. The molecular formula is C22H27N3O2. The number of pyridine rings is 1. The van der Waals surface area contributed by atoms with Crippen LogP contribution in [0.5, 0.6) is 0 Å². The molecule has 3 fully saturated rings. The van der Waals surface area contributed by atoms with E-state index in [0.29, 0.717) is 5.92 Å². The van der Waals surface area contributed by atoms with E-state index in [9.17, 15) is 9.59 Å². The molecule has 1 amide bonds. The van der Waals surface area contributed by atoms with Crippen LogP contribution < -0.4 is 5.56 Å². The van der Waals surface area contributed by atoms with Gasteiger partial charge < -0.3 is 14.8 Å². The van der Waals surface area contributed by atoms with Crippen LogP contribution in [0.15, 0.2) is 53.5 Å². The van der Waals surface area contributed by atoms with Gasteiger partial charge in [0.25, 0.3) is 11.5 Å². The summed E-state index contributed by atoms with van der Waals surface area (Å²) < 4.78 is 0. The van der Waals surface area contributed by atoms with Crippen molar-refractivity contribution in [1.29, 1.82) is 0 Å². The summed E-state index contributed by atoms with van der Waals surface area (Å²) in [5, 5.41) is 0. The van der Waals surface area contributed by atoms with Crippen LogP contribution in [-0.2, 0) is 6.42 Å². The lowest BCUT2D eigenvalue weighted by atomic mass is 9.94. The number of amides is 1. The van der Waals surface area contributed by atoms with Crippen molar-refractivity contribution in [2.45, 2.75) is 31.7 Å². The van der Waals surface area contributed by atoms with E-state index in [1.54, 1.807) is 18.3 Å². The zero-order valence-corrected chi connectivity index (χ0v) is 15.6. The highest BCUT2D eigenvalue weighted by molar-refractivity contribution is 5.94. The highest BCUT2D eigenvalue weighted by Gasteiger charge is 2.37. The summed E-state index contributed by atoms with van der Waals surface area (Å²) in [5.74, 6) is 0.393. The number of piperidine rings is 1. The van der Waals surface area contributed by atoms with Gasteiger partial charge in [-0.1, -0.05) is 30.3 Å². The van der Waals surface area contributed by atoms with Crippen molar-refractivity contribution in [2.24, 2.45) is 5.92 Å². The van der Waals surface area contributed by atoms with Gasteiger partial charge in [0.15, 0.2) is 0 Å². The second-order valence-corrected chi connectivity index (χ2v) is 7.82. The average Bonchev–Trinajstić information content (AvgIpc) is 3.00. The second-order valence-electron chi connectivity index (χ2n) is 7.82. The van der Waals surface area contributed by atoms with Crippen molar-refractivity contribution in [3.63, 3.8) is 0 Å². The van der Waals surface area contributed by atoms with Gasteiger partial charge in [0.1, 0.15) is 5.56 Å². The molecule has 3 aliphatic heterocycles.